The lowest BCUT2D eigenvalue weighted by molar-refractivity contribution is 0.392. The van der Waals surface area contributed by atoms with Crippen LogP contribution in [-0.4, -0.2) is 0 Å². The number of rotatable bonds is 0. The van der Waals surface area contributed by atoms with E-state index in [1.54, 1.807) is 11.3 Å². The molecule has 4 nitrogen and oxygen atoms in total. The summed E-state index contributed by atoms with van der Waals surface area (Å²) in [4.78, 5) is 6.68. The van der Waals surface area contributed by atoms with Gasteiger partial charge in [-0.05, 0) is 53.6 Å². The third-order valence-electron chi connectivity index (χ3n) is 4.99. The molecule has 7 heteroatoms. The summed E-state index contributed by atoms with van der Waals surface area (Å²) < 4.78 is 5.96. The van der Waals surface area contributed by atoms with Crippen LogP contribution in [0.1, 0.15) is 25.0 Å². The van der Waals surface area contributed by atoms with Crippen molar-refractivity contribution in [3.05, 3.63) is 85.4 Å². The molecular weight excluding hydrogens is 428 g/mol. The Morgan fingerprint density at radius 2 is 1.37 bits per heavy atom. The molecule has 0 spiro atoms. The van der Waals surface area contributed by atoms with E-state index in [2.05, 4.69) is 23.5 Å². The molecule has 3 aromatic rings. The van der Waals surface area contributed by atoms with E-state index in [0.717, 1.165) is 21.9 Å². The summed E-state index contributed by atoms with van der Waals surface area (Å²) in [7, 11) is 0. The van der Waals surface area contributed by atoms with Gasteiger partial charge in [0.1, 0.15) is 35.4 Å². The highest BCUT2D eigenvalue weighted by Crippen LogP contribution is 2.40. The van der Waals surface area contributed by atoms with E-state index in [-0.39, 0.29) is 16.8 Å². The van der Waals surface area contributed by atoms with Crippen LogP contribution in [0.3, 0.4) is 0 Å². The van der Waals surface area contributed by atoms with Gasteiger partial charge in [0, 0.05) is 18.1 Å². The minimum Gasteiger partial charge on any atom is -0.192 e. The molecule has 144 valence electrons. The molecule has 0 atom stereocenters. The van der Waals surface area contributed by atoms with Gasteiger partial charge in [-0.25, -0.2) is 0 Å². The predicted octanol–water partition coefficient (Wildman–Crippen LogP) is 4.67. The molecule has 0 aromatic carbocycles. The normalized spacial score (nSPS) is 15.9. The number of hydrogen-bond donors (Lipinski definition) is 0. The third-order valence-corrected chi connectivity index (χ3v) is 8.81. The van der Waals surface area contributed by atoms with Crippen molar-refractivity contribution < 1.29 is 0 Å². The SMILES string of the molecule is [C-]#[N+]C([N+]#[C-])=c1cc/c(=c2\s/c(=c3\ccc(=C(C#N)C#N)s3)c3c2CC(C)(C)C3)s1. The predicted molar refractivity (Wildman–Crippen MR) is 120 cm³/mol. The minimum absolute atomic E-state index is 0.110. The topological polar surface area (TPSA) is 56.3 Å². The summed E-state index contributed by atoms with van der Waals surface area (Å²) in [5, 5.41) is 18.4. The number of nitriles is 2. The Kier molecular flexibility index (Phi) is 5.07. The van der Waals surface area contributed by atoms with Crippen molar-refractivity contribution in [1.29, 1.82) is 10.5 Å². The maximum absolute atomic E-state index is 9.18. The Bertz CT molecular complexity index is 1510. The van der Waals surface area contributed by atoms with Crippen molar-refractivity contribution in [2.24, 2.45) is 5.41 Å². The average molecular weight is 443 g/mol. The van der Waals surface area contributed by atoms with Gasteiger partial charge in [-0.3, -0.25) is 0 Å². The molecule has 3 aromatic heterocycles. The van der Waals surface area contributed by atoms with Crippen LogP contribution in [0, 0.1) is 59.4 Å². The van der Waals surface area contributed by atoms with E-state index in [0.29, 0.717) is 9.06 Å². The highest BCUT2D eigenvalue weighted by molar-refractivity contribution is 7.13. The summed E-state index contributed by atoms with van der Waals surface area (Å²) in [6, 6.07) is 11.7. The Morgan fingerprint density at radius 1 is 0.867 bits per heavy atom. The molecular formula is C23H14N4S3. The van der Waals surface area contributed by atoms with Crippen LogP contribution in [0.15, 0.2) is 24.3 Å². The first-order valence-electron chi connectivity index (χ1n) is 9.05. The van der Waals surface area contributed by atoms with Crippen molar-refractivity contribution in [2.75, 3.05) is 0 Å². The van der Waals surface area contributed by atoms with Crippen molar-refractivity contribution in [1.82, 2.24) is 0 Å². The van der Waals surface area contributed by atoms with E-state index in [1.165, 1.54) is 42.9 Å². The quantitative estimate of drug-likeness (QED) is 0.475. The van der Waals surface area contributed by atoms with Gasteiger partial charge < -0.3 is 0 Å². The second kappa shape index (κ2) is 7.56. The lowest BCUT2D eigenvalue weighted by Gasteiger charge is -2.15. The van der Waals surface area contributed by atoms with Crippen molar-refractivity contribution in [2.45, 2.75) is 26.7 Å². The van der Waals surface area contributed by atoms with Gasteiger partial charge in [0.25, 0.3) is 0 Å². The maximum Gasteiger partial charge on any atom is 0.536 e. The van der Waals surface area contributed by atoms with E-state index >= 15 is 0 Å². The number of nitrogens with zero attached hydrogens (tertiary/aromatic N) is 4. The average Bonchev–Trinajstić information content (AvgIpc) is 3.48. The fraction of sp³-hybridized carbons (Fsp3) is 0.217. The molecule has 0 saturated carbocycles. The molecule has 0 amide bonds. The van der Waals surface area contributed by atoms with E-state index in [4.69, 9.17) is 13.1 Å². The summed E-state index contributed by atoms with van der Waals surface area (Å²) in [5.41, 5.74) is 3.01. The lowest BCUT2D eigenvalue weighted by Crippen LogP contribution is -2.10. The molecule has 30 heavy (non-hydrogen) atoms. The first-order chi connectivity index (χ1) is 14.4. The Labute approximate surface area is 185 Å². The van der Waals surface area contributed by atoms with E-state index in [1.807, 2.05) is 36.4 Å². The molecule has 0 fully saturated rings. The molecule has 1 aliphatic carbocycles. The highest BCUT2D eigenvalue weighted by Gasteiger charge is 2.31. The molecule has 0 bridgehead atoms. The zero-order chi connectivity index (χ0) is 21.5. The Hall–Kier alpha value is -3.20. The van der Waals surface area contributed by atoms with Gasteiger partial charge >= 0.3 is 5.82 Å². The largest absolute Gasteiger partial charge is 0.536 e. The van der Waals surface area contributed by atoms with Gasteiger partial charge in [-0.15, -0.1) is 34.0 Å². The lowest BCUT2D eigenvalue weighted by atomic mass is 9.90. The number of fused-ring (bicyclic) bond motifs is 1. The van der Waals surface area contributed by atoms with Crippen LogP contribution in [0.4, 0.5) is 0 Å². The summed E-state index contributed by atoms with van der Waals surface area (Å²) in [5.74, 6) is 0.110. The summed E-state index contributed by atoms with van der Waals surface area (Å²) in [6.07, 6.45) is 1.96. The Balaban J connectivity index is 2.17. The van der Waals surface area contributed by atoms with Crippen molar-refractivity contribution in [3.8, 4) is 12.1 Å². The Morgan fingerprint density at radius 3 is 1.87 bits per heavy atom. The molecule has 0 radical (unpaired) electrons. The minimum atomic E-state index is 0.110. The highest BCUT2D eigenvalue weighted by atomic mass is 32.1. The molecule has 0 N–H and O–H groups in total. The third kappa shape index (κ3) is 3.35. The second-order valence-corrected chi connectivity index (χ2v) is 10.9. The molecule has 3 heterocycles. The van der Waals surface area contributed by atoms with Crippen molar-refractivity contribution >= 4 is 45.4 Å². The number of thiophene rings is 3. The second-order valence-electron chi connectivity index (χ2n) is 7.71. The van der Waals surface area contributed by atoms with Gasteiger partial charge in [0.05, 0.1) is 4.53 Å². The molecule has 4 rings (SSSR count). The van der Waals surface area contributed by atoms with Gasteiger partial charge in [-0.1, -0.05) is 13.8 Å². The first kappa shape index (κ1) is 20.1. The molecule has 0 saturated heterocycles. The van der Waals surface area contributed by atoms with Gasteiger partial charge in [0.15, 0.2) is 0 Å². The van der Waals surface area contributed by atoms with Gasteiger partial charge in [0.2, 0.25) is 0 Å². The monoisotopic (exact) mass is 442 g/mol. The molecule has 0 aliphatic heterocycles. The fourth-order valence-electron chi connectivity index (χ4n) is 3.74. The van der Waals surface area contributed by atoms with E-state index in [9.17, 15) is 10.5 Å². The van der Waals surface area contributed by atoms with Gasteiger partial charge in [-0.2, -0.15) is 20.2 Å². The van der Waals surface area contributed by atoms with Crippen LogP contribution < -0.4 is 9.06 Å². The smallest absolute Gasteiger partial charge is 0.192 e. The van der Waals surface area contributed by atoms with Crippen LogP contribution in [0.2, 0.25) is 0 Å². The summed E-state index contributed by atoms with van der Waals surface area (Å²) >= 11 is 4.71. The first-order valence-corrected chi connectivity index (χ1v) is 11.5. The van der Waals surface area contributed by atoms with Crippen molar-refractivity contribution in [3.63, 3.8) is 0 Å². The van der Waals surface area contributed by atoms with Crippen LogP contribution in [0.5, 0.6) is 0 Å². The summed E-state index contributed by atoms with van der Waals surface area (Å²) in [6.45, 7) is 19.0. The van der Waals surface area contributed by atoms with Crippen LogP contribution in [-0.2, 0) is 12.8 Å². The molecule has 1 aliphatic rings. The number of hydrogen-bond acceptors (Lipinski definition) is 5. The van der Waals surface area contributed by atoms with Crippen LogP contribution >= 0.6 is 34.0 Å². The zero-order valence-corrected chi connectivity index (χ0v) is 18.7. The standard InChI is InChI=1S/C23H14N4S3/c1-23(2)9-14-15(10-23)21(18-7-8-19(29-18)22(26-3)27-4)30-20(14)17-6-5-16(28-17)13(11-24)12-25/h5-8H,9-10H2,1-2H3/b20-17+,21-18+. The maximum atomic E-state index is 9.18. The van der Waals surface area contributed by atoms with Crippen LogP contribution in [0.25, 0.3) is 21.1 Å². The fourth-order valence-corrected chi connectivity index (χ4v) is 7.24. The molecule has 0 unspecified atom stereocenters. The zero-order valence-electron chi connectivity index (χ0n) is 16.2. The van der Waals surface area contributed by atoms with E-state index < -0.39 is 0 Å².